The van der Waals surface area contributed by atoms with Crippen LogP contribution < -0.4 is 20.7 Å². The first-order valence-electron chi connectivity index (χ1n) is 16.5. The molecule has 0 radical (unpaired) electrons. The lowest BCUT2D eigenvalue weighted by Crippen LogP contribution is -2.44. The Morgan fingerprint density at radius 2 is 1.81 bits per heavy atom. The lowest BCUT2D eigenvalue weighted by atomic mass is 9.97. The smallest absolute Gasteiger partial charge is 0.259 e. The van der Waals surface area contributed by atoms with E-state index in [9.17, 15) is 14.7 Å². The highest BCUT2D eigenvalue weighted by Crippen LogP contribution is 2.29. The van der Waals surface area contributed by atoms with Crippen molar-refractivity contribution in [2.24, 2.45) is 5.92 Å². The second-order valence-corrected chi connectivity index (χ2v) is 12.7. The van der Waals surface area contributed by atoms with Crippen molar-refractivity contribution >= 4 is 28.9 Å². The van der Waals surface area contributed by atoms with E-state index in [1.54, 1.807) is 12.1 Å². The summed E-state index contributed by atoms with van der Waals surface area (Å²) in [6.07, 6.45) is 3.23. The number of hydrogen-bond donors (Lipinski definition) is 3. The Kier molecular flexibility index (Phi) is 13.0. The number of nitrogens with two attached hydrogens (primary N) is 1. The van der Waals surface area contributed by atoms with Gasteiger partial charge in [-0.15, -0.1) is 0 Å². The molecule has 4 rings (SSSR count). The second-order valence-electron chi connectivity index (χ2n) is 12.7. The number of rotatable bonds is 9. The molecule has 0 aromatic heterocycles. The molecule has 254 valence electrons. The summed E-state index contributed by atoms with van der Waals surface area (Å²) >= 11 is 0. The van der Waals surface area contributed by atoms with Gasteiger partial charge in [-0.05, 0) is 87.7 Å². The third kappa shape index (κ3) is 9.93. The van der Waals surface area contributed by atoms with Gasteiger partial charge in [0.1, 0.15) is 12.5 Å². The average Bonchev–Trinajstić information content (AvgIpc) is 3.05. The minimum absolute atomic E-state index is 0.00620. The number of carbonyl (C=O) groups is 2. The molecule has 3 aromatic rings. The topological polar surface area (TPSA) is 121 Å². The van der Waals surface area contributed by atoms with Crippen molar-refractivity contribution in [2.75, 3.05) is 63.5 Å². The van der Waals surface area contributed by atoms with Crippen LogP contribution >= 0.6 is 0 Å². The molecule has 2 amide bonds. The van der Waals surface area contributed by atoms with Crippen LogP contribution in [0.1, 0.15) is 65.8 Å². The van der Waals surface area contributed by atoms with Crippen molar-refractivity contribution in [2.45, 2.75) is 58.3 Å². The molecule has 47 heavy (non-hydrogen) atoms. The first kappa shape index (κ1) is 35.7. The fraction of sp³-hybridized carbons (Fsp3) is 0.459. The Bertz CT molecular complexity index is 1460. The number of ether oxygens (including phenoxy) is 2. The highest BCUT2D eigenvalue weighted by Gasteiger charge is 2.29. The lowest BCUT2D eigenvalue weighted by Gasteiger charge is -2.34. The van der Waals surface area contributed by atoms with E-state index in [0.717, 1.165) is 36.9 Å². The maximum atomic E-state index is 13.9. The number of para-hydroxylation sites is 2. The van der Waals surface area contributed by atoms with E-state index in [4.69, 9.17) is 15.2 Å². The molecule has 3 aromatic carbocycles. The van der Waals surface area contributed by atoms with E-state index in [1.165, 1.54) is 4.90 Å². The van der Waals surface area contributed by atoms with Gasteiger partial charge in [0.2, 0.25) is 0 Å². The number of aliphatic hydroxyl groups excluding tert-OH is 1. The second kappa shape index (κ2) is 17.2. The summed E-state index contributed by atoms with van der Waals surface area (Å²) in [6, 6.07) is 20.4. The fourth-order valence-electron chi connectivity index (χ4n) is 5.87. The van der Waals surface area contributed by atoms with Crippen LogP contribution in [0.15, 0.2) is 66.7 Å². The quantitative estimate of drug-likeness (QED) is 0.262. The normalized spacial score (nSPS) is 19.4. The van der Waals surface area contributed by atoms with Crippen LogP contribution in [0.4, 0.5) is 17.1 Å². The number of amides is 2. The van der Waals surface area contributed by atoms with Crippen LogP contribution in [0.5, 0.6) is 5.75 Å². The van der Waals surface area contributed by atoms with Gasteiger partial charge in [0, 0.05) is 57.5 Å². The Morgan fingerprint density at radius 3 is 2.49 bits per heavy atom. The first-order valence-corrected chi connectivity index (χ1v) is 16.5. The van der Waals surface area contributed by atoms with Gasteiger partial charge in [-0.25, -0.2) is 0 Å². The van der Waals surface area contributed by atoms with Gasteiger partial charge >= 0.3 is 0 Å². The van der Waals surface area contributed by atoms with Crippen LogP contribution in [0.25, 0.3) is 0 Å². The first-order chi connectivity index (χ1) is 22.6. The number of nitrogens with one attached hydrogen (secondary N) is 1. The molecule has 1 aliphatic rings. The third-order valence-corrected chi connectivity index (χ3v) is 8.71. The summed E-state index contributed by atoms with van der Waals surface area (Å²) in [6.45, 7) is 5.96. The van der Waals surface area contributed by atoms with Gasteiger partial charge in [-0.2, -0.15) is 0 Å². The molecule has 0 bridgehead atoms. The molecule has 10 nitrogen and oxygen atoms in total. The van der Waals surface area contributed by atoms with E-state index in [0.29, 0.717) is 54.5 Å². The highest BCUT2D eigenvalue weighted by molar-refractivity contribution is 6.05. The van der Waals surface area contributed by atoms with Gasteiger partial charge in [0.05, 0.1) is 29.1 Å². The number of anilines is 3. The average molecular weight is 646 g/mol. The minimum atomic E-state index is -0.407. The zero-order valence-electron chi connectivity index (χ0n) is 28.4. The third-order valence-electron chi connectivity index (χ3n) is 8.71. The molecule has 1 heterocycles. The number of aliphatic hydroxyl groups is 1. The van der Waals surface area contributed by atoms with Gasteiger partial charge < -0.3 is 35.4 Å². The summed E-state index contributed by atoms with van der Waals surface area (Å²) in [4.78, 5) is 32.4. The van der Waals surface area contributed by atoms with Crippen LogP contribution in [0.2, 0.25) is 0 Å². The molecule has 0 saturated carbocycles. The van der Waals surface area contributed by atoms with Crippen molar-refractivity contribution in [3.63, 3.8) is 0 Å². The molecule has 4 N–H and O–H groups in total. The monoisotopic (exact) mass is 645 g/mol. The molecule has 0 unspecified atom stereocenters. The Balaban J connectivity index is 1.47. The van der Waals surface area contributed by atoms with Crippen molar-refractivity contribution in [3.05, 3.63) is 83.4 Å². The van der Waals surface area contributed by atoms with Crippen LogP contribution in [0.3, 0.4) is 0 Å². The van der Waals surface area contributed by atoms with E-state index < -0.39 is 6.73 Å². The minimum Gasteiger partial charge on any atom is -0.490 e. The van der Waals surface area contributed by atoms with Crippen LogP contribution in [-0.4, -0.2) is 86.5 Å². The molecule has 0 saturated heterocycles. The highest BCUT2D eigenvalue weighted by atomic mass is 16.5. The number of carbonyl (C=O) groups excluding carboxylic acids is 2. The fourth-order valence-corrected chi connectivity index (χ4v) is 5.87. The number of fused-ring (bicyclic) bond motifs is 1. The molecule has 10 heteroatoms. The maximum absolute atomic E-state index is 13.9. The van der Waals surface area contributed by atoms with Crippen molar-refractivity contribution in [1.29, 1.82) is 0 Å². The van der Waals surface area contributed by atoms with Gasteiger partial charge in [-0.3, -0.25) is 14.5 Å². The van der Waals surface area contributed by atoms with Crippen molar-refractivity contribution < 1.29 is 24.2 Å². The molecular weight excluding hydrogens is 594 g/mol. The number of nitrogen functional groups attached to an aromatic ring is 1. The van der Waals surface area contributed by atoms with Gasteiger partial charge in [0.25, 0.3) is 11.8 Å². The van der Waals surface area contributed by atoms with E-state index in [-0.39, 0.29) is 29.9 Å². The van der Waals surface area contributed by atoms with Gasteiger partial charge in [0.15, 0.2) is 0 Å². The molecule has 0 fully saturated rings. The Labute approximate surface area is 279 Å². The Morgan fingerprint density at radius 1 is 1.06 bits per heavy atom. The summed E-state index contributed by atoms with van der Waals surface area (Å²) in [5.74, 6) is 0.0523. The van der Waals surface area contributed by atoms with Gasteiger partial charge in [-0.1, -0.05) is 31.2 Å². The molecule has 1 aliphatic heterocycles. The molecule has 3 atom stereocenters. The number of likely N-dealkylation sites (N-methyl/N-ethyl adjacent to an activating group) is 1. The summed E-state index contributed by atoms with van der Waals surface area (Å²) in [7, 11) is 5.91. The maximum Gasteiger partial charge on any atom is 0.259 e. The summed E-state index contributed by atoms with van der Waals surface area (Å²) in [5.41, 5.74) is 10.0. The van der Waals surface area contributed by atoms with Crippen LogP contribution in [0, 0.1) is 5.92 Å². The van der Waals surface area contributed by atoms with Crippen LogP contribution in [-0.2, 0) is 11.3 Å². The SMILES string of the molecule is CC[C@H]1CN(CO)C(=O)c2cc(N(C)C)ccc2O[C@H](C)CCCCO[C@H]1CN(C)Cc1ccc(C(=O)Nc2ccccc2N)cc1. The largest absolute Gasteiger partial charge is 0.490 e. The summed E-state index contributed by atoms with van der Waals surface area (Å²) < 4.78 is 12.8. The molecular formula is C37H51N5O5. The lowest BCUT2D eigenvalue weighted by molar-refractivity contribution is -0.0256. The zero-order valence-corrected chi connectivity index (χ0v) is 28.4. The van der Waals surface area contributed by atoms with Crippen molar-refractivity contribution in [3.8, 4) is 5.75 Å². The Hall–Kier alpha value is -4.12. The van der Waals surface area contributed by atoms with E-state index >= 15 is 0 Å². The predicted molar refractivity (Wildman–Crippen MR) is 188 cm³/mol. The van der Waals surface area contributed by atoms with Crippen molar-refractivity contribution in [1.82, 2.24) is 9.80 Å². The summed E-state index contributed by atoms with van der Waals surface area (Å²) in [5, 5.41) is 13.3. The predicted octanol–water partition coefficient (Wildman–Crippen LogP) is 5.47. The van der Waals surface area contributed by atoms with E-state index in [1.807, 2.05) is 87.6 Å². The zero-order chi connectivity index (χ0) is 33.9. The number of benzene rings is 3. The number of nitrogens with zero attached hydrogens (tertiary/aromatic N) is 3. The molecule has 0 spiro atoms. The standard InChI is InChI=1S/C37H51N5O5/c1-6-28-23-42(25-43)37(45)31-21-30(40(3)4)18-19-34(31)47-26(2)11-9-10-20-46-35(28)24-41(5)22-27-14-16-29(17-15-27)36(44)39-33-13-8-7-12-32(33)38/h7-8,12-19,21,26,28,35,43H,6,9-11,20,22-25,38H2,1-5H3,(H,39,44)/t26-,28+,35+/m1/s1. The molecule has 0 aliphatic carbocycles. The van der Waals surface area contributed by atoms with E-state index in [2.05, 4.69) is 17.1 Å². The number of hydrogen-bond acceptors (Lipinski definition) is 8.